The van der Waals surface area contributed by atoms with E-state index in [1.165, 1.54) is 0 Å². The number of allylic oxidation sites excluding steroid dienone is 2. The lowest BCUT2D eigenvalue weighted by molar-refractivity contribution is -0.173. The van der Waals surface area contributed by atoms with Crippen molar-refractivity contribution in [2.45, 2.75) is 27.2 Å². The first-order valence-electron chi connectivity index (χ1n) is 5.72. The van der Waals surface area contributed by atoms with Crippen LogP contribution < -0.4 is 0 Å². The van der Waals surface area contributed by atoms with Crippen LogP contribution >= 0.6 is 0 Å². The van der Waals surface area contributed by atoms with Gasteiger partial charge in [-0.1, -0.05) is 18.1 Å². The quantitative estimate of drug-likeness (QED) is 0.603. The molecular weight excluding hydrogens is 224 g/mol. The van der Waals surface area contributed by atoms with Gasteiger partial charge in [0.2, 0.25) is 0 Å². The predicted molar refractivity (Wildman–Crippen MR) is 61.9 cm³/mol. The Hall–Kier alpha value is -2.30. The summed E-state index contributed by atoms with van der Waals surface area (Å²) in [5.41, 5.74) is -1.45. The predicted octanol–water partition coefficient (Wildman–Crippen LogP) is 2.43. The molecule has 0 spiro atoms. The Morgan fingerprint density at radius 3 is 1.89 bits per heavy atom. The summed E-state index contributed by atoms with van der Waals surface area (Å²) in [5.74, 6) is -0.274. The van der Waals surface area contributed by atoms with Gasteiger partial charge in [-0.3, -0.25) is 0 Å². The molecule has 0 bridgehead atoms. The fraction of sp³-hybridized carbons (Fsp3) is 0.571. The summed E-state index contributed by atoms with van der Waals surface area (Å²) in [5, 5.41) is 37.5. The van der Waals surface area contributed by atoms with Gasteiger partial charge in [-0.25, -0.2) is 0 Å². The largest absolute Gasteiger partial charge is 0.196 e. The molecule has 0 heterocycles. The van der Waals surface area contributed by atoms with Gasteiger partial charge in [-0.2, -0.15) is 21.0 Å². The van der Waals surface area contributed by atoms with Gasteiger partial charge in [-0.15, -0.1) is 0 Å². The van der Waals surface area contributed by atoms with Crippen LogP contribution in [0.15, 0.2) is 11.1 Å². The SMILES string of the molecule is CC(C)=C1CC2(C)C1C(C#N)(C#N)C2(C#N)C#N. The van der Waals surface area contributed by atoms with Crippen LogP contribution in [0.4, 0.5) is 0 Å². The maximum absolute atomic E-state index is 9.37. The third-order valence-corrected chi connectivity index (χ3v) is 4.75. The Morgan fingerprint density at radius 2 is 1.56 bits per heavy atom. The van der Waals surface area contributed by atoms with Crippen molar-refractivity contribution in [3.8, 4) is 24.3 Å². The van der Waals surface area contributed by atoms with Crippen molar-refractivity contribution >= 4 is 0 Å². The lowest BCUT2D eigenvalue weighted by Gasteiger charge is -2.71. The molecule has 18 heavy (non-hydrogen) atoms. The highest BCUT2D eigenvalue weighted by Gasteiger charge is 2.86. The highest BCUT2D eigenvalue weighted by molar-refractivity contribution is 5.57. The summed E-state index contributed by atoms with van der Waals surface area (Å²) in [6.07, 6.45) is 0.631. The van der Waals surface area contributed by atoms with E-state index in [2.05, 4.69) is 0 Å². The van der Waals surface area contributed by atoms with Gasteiger partial charge in [0, 0.05) is 11.3 Å². The number of hydrogen-bond acceptors (Lipinski definition) is 4. The molecule has 2 rings (SSSR count). The molecule has 0 aromatic carbocycles. The number of nitriles is 4. The highest BCUT2D eigenvalue weighted by Crippen LogP contribution is 2.81. The average molecular weight is 236 g/mol. The van der Waals surface area contributed by atoms with Gasteiger partial charge in [0.25, 0.3) is 0 Å². The second-order valence-electron chi connectivity index (χ2n) is 5.56. The first-order chi connectivity index (χ1) is 8.40. The maximum atomic E-state index is 9.37. The molecule has 4 nitrogen and oxygen atoms in total. The molecule has 0 aliphatic heterocycles. The Morgan fingerprint density at radius 1 is 1.06 bits per heavy atom. The van der Waals surface area contributed by atoms with Crippen LogP contribution in [0.3, 0.4) is 0 Å². The van der Waals surface area contributed by atoms with Crippen LogP contribution in [0, 0.1) is 67.5 Å². The monoisotopic (exact) mass is 236 g/mol. The summed E-state index contributed by atoms with van der Waals surface area (Å²) >= 11 is 0. The van der Waals surface area contributed by atoms with Crippen molar-refractivity contribution in [1.82, 2.24) is 0 Å². The first kappa shape index (κ1) is 12.2. The van der Waals surface area contributed by atoms with Crippen LogP contribution in [0.25, 0.3) is 0 Å². The zero-order valence-corrected chi connectivity index (χ0v) is 10.6. The molecule has 0 saturated heterocycles. The second-order valence-corrected chi connectivity index (χ2v) is 5.56. The summed E-state index contributed by atoms with van der Waals surface area (Å²) < 4.78 is 0. The number of rotatable bonds is 0. The molecule has 2 fully saturated rings. The van der Waals surface area contributed by atoms with Gasteiger partial charge in [-0.05, 0) is 20.3 Å². The van der Waals surface area contributed by atoms with E-state index in [-0.39, 0.29) is 5.92 Å². The van der Waals surface area contributed by atoms with Gasteiger partial charge in [0.05, 0.1) is 24.3 Å². The molecule has 2 saturated carbocycles. The zero-order chi connectivity index (χ0) is 13.8. The third-order valence-electron chi connectivity index (χ3n) is 4.75. The van der Waals surface area contributed by atoms with E-state index in [0.29, 0.717) is 6.42 Å². The van der Waals surface area contributed by atoms with Crippen LogP contribution in [0.1, 0.15) is 27.2 Å². The van der Waals surface area contributed by atoms with E-state index in [4.69, 9.17) is 0 Å². The molecule has 0 aromatic heterocycles. The molecule has 88 valence electrons. The van der Waals surface area contributed by atoms with E-state index in [1.807, 2.05) is 45.0 Å². The van der Waals surface area contributed by atoms with E-state index < -0.39 is 16.2 Å². The first-order valence-corrected chi connectivity index (χ1v) is 5.72. The average Bonchev–Trinajstić information content (AvgIpc) is 2.35. The smallest absolute Gasteiger partial charge is 0.183 e. The lowest BCUT2D eigenvalue weighted by atomic mass is 9.24. The van der Waals surface area contributed by atoms with Crippen molar-refractivity contribution in [2.24, 2.45) is 22.2 Å². The van der Waals surface area contributed by atoms with Crippen molar-refractivity contribution < 1.29 is 0 Å². The molecule has 0 N–H and O–H groups in total. The minimum Gasteiger partial charge on any atom is -0.196 e. The van der Waals surface area contributed by atoms with E-state index in [9.17, 15) is 21.0 Å². The molecule has 0 aromatic rings. The lowest BCUT2D eigenvalue weighted by Crippen LogP contribution is -2.75. The molecule has 2 aliphatic rings. The number of fused-ring (bicyclic) bond motifs is 1. The normalized spacial score (nSPS) is 33.3. The molecule has 2 unspecified atom stereocenters. The third kappa shape index (κ3) is 0.796. The molecule has 0 radical (unpaired) electrons. The summed E-state index contributed by atoms with van der Waals surface area (Å²) in [6, 6.07) is 7.84. The minimum atomic E-state index is -1.52. The van der Waals surface area contributed by atoms with Crippen LogP contribution in [0.5, 0.6) is 0 Å². The fourth-order valence-corrected chi connectivity index (χ4v) is 3.77. The van der Waals surface area contributed by atoms with Gasteiger partial charge >= 0.3 is 0 Å². The highest BCUT2D eigenvalue weighted by atomic mass is 14.8. The summed E-state index contributed by atoms with van der Waals surface area (Å²) in [7, 11) is 0. The Labute approximate surface area is 106 Å². The van der Waals surface area contributed by atoms with E-state index in [0.717, 1.165) is 11.1 Å². The number of hydrogen-bond donors (Lipinski definition) is 0. The Bertz CT molecular complexity index is 597. The second kappa shape index (κ2) is 3.13. The summed E-state index contributed by atoms with van der Waals surface area (Å²) in [4.78, 5) is 0. The fourth-order valence-electron chi connectivity index (χ4n) is 3.77. The van der Waals surface area contributed by atoms with Gasteiger partial charge in [0.15, 0.2) is 10.8 Å². The van der Waals surface area contributed by atoms with Crippen molar-refractivity contribution in [1.29, 1.82) is 21.0 Å². The Kier molecular flexibility index (Phi) is 2.11. The molecule has 4 heteroatoms. The minimum absolute atomic E-state index is 0.274. The number of nitrogens with zero attached hydrogens (tertiary/aromatic N) is 4. The molecule has 2 aliphatic carbocycles. The van der Waals surface area contributed by atoms with Crippen LogP contribution in [0.2, 0.25) is 0 Å². The van der Waals surface area contributed by atoms with Gasteiger partial charge in [0.1, 0.15) is 0 Å². The van der Waals surface area contributed by atoms with Crippen molar-refractivity contribution in [3.63, 3.8) is 0 Å². The van der Waals surface area contributed by atoms with Crippen LogP contribution in [-0.4, -0.2) is 0 Å². The Balaban J connectivity index is 2.70. The van der Waals surface area contributed by atoms with Gasteiger partial charge < -0.3 is 0 Å². The zero-order valence-electron chi connectivity index (χ0n) is 10.6. The molecular formula is C14H12N4. The topological polar surface area (TPSA) is 95.2 Å². The van der Waals surface area contributed by atoms with Crippen molar-refractivity contribution in [3.05, 3.63) is 11.1 Å². The molecule has 2 atom stereocenters. The maximum Gasteiger partial charge on any atom is 0.183 e. The van der Waals surface area contributed by atoms with E-state index in [1.54, 1.807) is 0 Å². The molecule has 0 amide bonds. The summed E-state index contributed by atoms with van der Waals surface area (Å²) in [6.45, 7) is 5.71. The standard InChI is InChI=1S/C14H12N4/c1-9(2)10-4-12(3)11(10)13(5-15,6-16)14(12,7-17)8-18/h11H,4H2,1-3H3. The van der Waals surface area contributed by atoms with Crippen LogP contribution in [-0.2, 0) is 0 Å². The van der Waals surface area contributed by atoms with Crippen molar-refractivity contribution in [2.75, 3.05) is 0 Å². The van der Waals surface area contributed by atoms with E-state index >= 15 is 0 Å².